The first-order chi connectivity index (χ1) is 16.0. The minimum Gasteiger partial charge on any atom is -0.463 e. The molecule has 0 bridgehead atoms. The van der Waals surface area contributed by atoms with Crippen LogP contribution < -0.4 is 0 Å². The summed E-state index contributed by atoms with van der Waals surface area (Å²) >= 11 is 8.62. The second kappa shape index (κ2) is 9.37. The molecule has 170 valence electrons. The summed E-state index contributed by atoms with van der Waals surface area (Å²) in [6.45, 7) is 2.02. The van der Waals surface area contributed by atoms with Gasteiger partial charge in [0.1, 0.15) is 5.69 Å². The van der Waals surface area contributed by atoms with Crippen LogP contribution in [-0.4, -0.2) is 28.6 Å². The summed E-state index contributed by atoms with van der Waals surface area (Å²) in [6.07, 6.45) is 5.82. The van der Waals surface area contributed by atoms with Crippen LogP contribution in [0.5, 0.6) is 0 Å². The van der Waals surface area contributed by atoms with Crippen LogP contribution in [0, 0.1) is 3.57 Å². The van der Waals surface area contributed by atoms with Crippen LogP contribution in [0.2, 0.25) is 5.28 Å². The Morgan fingerprint density at radius 2 is 1.97 bits per heavy atom. The predicted molar refractivity (Wildman–Crippen MR) is 141 cm³/mol. The van der Waals surface area contributed by atoms with Gasteiger partial charge in [-0.3, -0.25) is 0 Å². The molecule has 0 saturated heterocycles. The monoisotopic (exact) mass is 592 g/mol. The number of rotatable bonds is 7. The molecule has 0 N–H and O–H groups in total. The Balaban J connectivity index is 1.80. The van der Waals surface area contributed by atoms with Crippen molar-refractivity contribution in [2.45, 2.75) is 36.4 Å². The smallest absolute Gasteiger partial charge is 0.349 e. The SMILES string of the molecule is CCOC(=O)C(OC1CC1)(c1cccc([SH]2C=CC=C2)c1)c1nc(Cl)nc2ccc(I)cc12. The molecule has 5 nitrogen and oxygen atoms in total. The van der Waals surface area contributed by atoms with Gasteiger partial charge in [-0.1, -0.05) is 24.3 Å². The molecule has 2 heterocycles. The average molecular weight is 593 g/mol. The van der Waals surface area contributed by atoms with E-state index in [1.54, 1.807) is 6.92 Å². The summed E-state index contributed by atoms with van der Waals surface area (Å²) < 4.78 is 13.2. The number of halogens is 2. The predicted octanol–water partition coefficient (Wildman–Crippen LogP) is 6.27. The van der Waals surface area contributed by atoms with E-state index in [1.165, 1.54) is 0 Å². The number of carbonyl (C=O) groups excluding carboxylic acids is 1. The van der Waals surface area contributed by atoms with E-state index in [9.17, 15) is 4.79 Å². The summed E-state index contributed by atoms with van der Waals surface area (Å²) in [6, 6.07) is 13.8. The highest BCUT2D eigenvalue weighted by molar-refractivity contribution is 14.1. The van der Waals surface area contributed by atoms with Crippen LogP contribution in [0.25, 0.3) is 10.9 Å². The normalized spacial score (nSPS) is 18.0. The number of ether oxygens (including phenoxy) is 2. The standard InChI is InChI=1S/C25H22ClIN2O3S/c1-2-31-23(30)25(32-18-9-10-18,16-6-5-7-19(14-16)33-12-3-4-13-33)22-20-15-17(27)8-11-21(20)28-24(26)29-22/h3-8,11-15,18,33H,2,9-10H2,1H3. The minimum absolute atomic E-state index is 0.0541. The molecule has 1 saturated carbocycles. The zero-order chi connectivity index (χ0) is 23.0. The lowest BCUT2D eigenvalue weighted by Crippen LogP contribution is -2.43. The van der Waals surface area contributed by atoms with Crippen LogP contribution in [0.1, 0.15) is 31.0 Å². The van der Waals surface area contributed by atoms with Crippen molar-refractivity contribution >= 4 is 62.0 Å². The number of thiol groups is 1. The molecule has 8 heteroatoms. The molecule has 1 fully saturated rings. The number of fused-ring (bicyclic) bond motifs is 1. The Morgan fingerprint density at radius 3 is 2.70 bits per heavy atom. The fraction of sp³-hybridized carbons (Fsp3) is 0.240. The third-order valence-electron chi connectivity index (χ3n) is 5.55. The van der Waals surface area contributed by atoms with E-state index in [4.69, 9.17) is 21.1 Å². The molecule has 2 aliphatic rings. The first-order valence-electron chi connectivity index (χ1n) is 10.7. The lowest BCUT2D eigenvalue weighted by molar-refractivity contribution is -0.170. The average Bonchev–Trinajstić information content (AvgIpc) is 3.45. The van der Waals surface area contributed by atoms with Crippen molar-refractivity contribution in [3.05, 3.63) is 85.5 Å². The minimum atomic E-state index is -1.55. The van der Waals surface area contributed by atoms with Gasteiger partial charge in [-0.05, 0) is 100 Å². The Labute approximate surface area is 213 Å². The zero-order valence-corrected chi connectivity index (χ0v) is 21.7. The molecule has 1 aliphatic heterocycles. The molecule has 1 atom stereocenters. The van der Waals surface area contributed by atoms with Gasteiger partial charge in [0.05, 0.1) is 18.2 Å². The molecule has 1 unspecified atom stereocenters. The highest BCUT2D eigenvalue weighted by atomic mass is 127. The third-order valence-corrected chi connectivity index (χ3v) is 8.25. The fourth-order valence-electron chi connectivity index (χ4n) is 3.92. The van der Waals surface area contributed by atoms with Crippen molar-refractivity contribution in [3.8, 4) is 0 Å². The maximum Gasteiger partial charge on any atom is 0.349 e. The van der Waals surface area contributed by atoms with Crippen molar-refractivity contribution in [1.29, 1.82) is 0 Å². The number of aromatic nitrogens is 2. The van der Waals surface area contributed by atoms with Gasteiger partial charge in [-0.25, -0.2) is 14.8 Å². The van der Waals surface area contributed by atoms with Crippen molar-refractivity contribution in [1.82, 2.24) is 9.97 Å². The van der Waals surface area contributed by atoms with Gasteiger partial charge in [-0.2, -0.15) is 10.9 Å². The number of hydrogen-bond donors (Lipinski definition) is 1. The first kappa shape index (κ1) is 22.8. The number of nitrogens with zero attached hydrogens (tertiary/aromatic N) is 2. The molecular formula is C25H22ClIN2O3S. The van der Waals surface area contributed by atoms with Gasteiger partial charge in [0.2, 0.25) is 10.9 Å². The molecule has 1 aromatic heterocycles. The largest absolute Gasteiger partial charge is 0.463 e. The van der Waals surface area contributed by atoms with Gasteiger partial charge in [0.15, 0.2) is 0 Å². The summed E-state index contributed by atoms with van der Waals surface area (Å²) in [5.74, 6) is -0.491. The van der Waals surface area contributed by atoms with Gasteiger partial charge in [-0.15, -0.1) is 0 Å². The highest BCUT2D eigenvalue weighted by Crippen LogP contribution is 2.47. The van der Waals surface area contributed by atoms with Crippen LogP contribution in [0.3, 0.4) is 0 Å². The van der Waals surface area contributed by atoms with Crippen molar-refractivity contribution in [3.63, 3.8) is 0 Å². The number of hydrogen-bond acceptors (Lipinski definition) is 5. The van der Waals surface area contributed by atoms with Gasteiger partial charge < -0.3 is 9.47 Å². The van der Waals surface area contributed by atoms with E-state index >= 15 is 0 Å². The zero-order valence-electron chi connectivity index (χ0n) is 17.9. The van der Waals surface area contributed by atoms with Gasteiger partial charge >= 0.3 is 5.97 Å². The molecule has 5 rings (SSSR count). The Morgan fingerprint density at radius 1 is 1.18 bits per heavy atom. The number of carbonyl (C=O) groups is 1. The van der Waals surface area contributed by atoms with E-state index in [0.717, 1.165) is 26.7 Å². The van der Waals surface area contributed by atoms with Crippen LogP contribution >= 0.6 is 45.1 Å². The first-order valence-corrected chi connectivity index (χ1v) is 13.7. The van der Waals surface area contributed by atoms with Crippen LogP contribution in [0.15, 0.2) is 70.3 Å². The molecule has 0 radical (unpaired) electrons. The van der Waals surface area contributed by atoms with Crippen molar-refractivity contribution < 1.29 is 14.3 Å². The molecule has 0 amide bonds. The molecule has 2 aromatic carbocycles. The van der Waals surface area contributed by atoms with E-state index in [2.05, 4.69) is 61.6 Å². The van der Waals surface area contributed by atoms with E-state index in [0.29, 0.717) is 16.8 Å². The van der Waals surface area contributed by atoms with Gasteiger partial charge in [0.25, 0.3) is 0 Å². The number of allylic oxidation sites excluding steroid dienone is 2. The highest BCUT2D eigenvalue weighted by Gasteiger charge is 2.51. The van der Waals surface area contributed by atoms with E-state index in [1.807, 2.05) is 36.4 Å². The lowest BCUT2D eigenvalue weighted by atomic mass is 9.87. The van der Waals surface area contributed by atoms with Gasteiger partial charge in [0, 0.05) is 14.5 Å². The summed E-state index contributed by atoms with van der Waals surface area (Å²) in [5.41, 5.74) is 0.214. The van der Waals surface area contributed by atoms with Crippen molar-refractivity contribution in [2.75, 3.05) is 6.61 Å². The Kier molecular flexibility index (Phi) is 6.48. The maximum absolute atomic E-state index is 13.8. The molecule has 33 heavy (non-hydrogen) atoms. The Hall–Kier alpha value is -1.94. The van der Waals surface area contributed by atoms with Crippen LogP contribution in [0.4, 0.5) is 0 Å². The summed E-state index contributed by atoms with van der Waals surface area (Å²) in [5, 5.41) is 5.15. The lowest BCUT2D eigenvalue weighted by Gasteiger charge is -2.33. The van der Waals surface area contributed by atoms with Crippen LogP contribution in [-0.2, 0) is 19.9 Å². The number of esters is 1. The summed E-state index contributed by atoms with van der Waals surface area (Å²) in [7, 11) is -0.579. The Bertz CT molecular complexity index is 1280. The quantitative estimate of drug-likeness (QED) is 0.152. The second-order valence-electron chi connectivity index (χ2n) is 7.86. The second-order valence-corrected chi connectivity index (χ2v) is 11.4. The molecule has 3 aromatic rings. The van der Waals surface area contributed by atoms with E-state index in [-0.39, 0.29) is 18.0 Å². The molecule has 0 spiro atoms. The molecule has 1 aliphatic carbocycles. The topological polar surface area (TPSA) is 61.3 Å². The fourth-order valence-corrected chi connectivity index (χ4v) is 6.15. The van der Waals surface area contributed by atoms with E-state index < -0.39 is 22.5 Å². The maximum atomic E-state index is 13.8. The number of benzene rings is 2. The molecular weight excluding hydrogens is 571 g/mol. The van der Waals surface area contributed by atoms with Crippen molar-refractivity contribution in [2.24, 2.45) is 0 Å². The summed E-state index contributed by atoms with van der Waals surface area (Å²) in [4.78, 5) is 23.9. The third kappa shape index (κ3) is 4.43.